The molecule has 1 atom stereocenters. The standard InChI is InChI=1S/C27H25NO3/c1-3-19-11-15-21(16-12-19)24-23(25(29)22-13-9-18(2)10-14-22)26(30)27(31)28(24)17-20-7-5-4-6-8-20/h4-16,24,29H,3,17H2,1-2H3/b25-23+. The van der Waals surface area contributed by atoms with Crippen molar-refractivity contribution in [3.05, 3.63) is 112 Å². The number of benzene rings is 3. The van der Waals surface area contributed by atoms with E-state index in [0.717, 1.165) is 23.1 Å². The Labute approximate surface area is 182 Å². The van der Waals surface area contributed by atoms with Gasteiger partial charge < -0.3 is 10.0 Å². The topological polar surface area (TPSA) is 57.6 Å². The first-order chi connectivity index (χ1) is 15.0. The van der Waals surface area contributed by atoms with Crippen molar-refractivity contribution in [1.29, 1.82) is 0 Å². The third-order valence-electron chi connectivity index (χ3n) is 5.76. The highest BCUT2D eigenvalue weighted by Gasteiger charge is 2.46. The largest absolute Gasteiger partial charge is 0.507 e. The van der Waals surface area contributed by atoms with Gasteiger partial charge in [0.05, 0.1) is 11.6 Å². The van der Waals surface area contributed by atoms with Crippen molar-refractivity contribution in [2.45, 2.75) is 32.9 Å². The summed E-state index contributed by atoms with van der Waals surface area (Å²) >= 11 is 0. The molecule has 1 amide bonds. The minimum Gasteiger partial charge on any atom is -0.507 e. The van der Waals surface area contributed by atoms with E-state index in [2.05, 4.69) is 6.92 Å². The number of carbonyl (C=O) groups excluding carboxylic acids is 2. The maximum absolute atomic E-state index is 13.1. The summed E-state index contributed by atoms with van der Waals surface area (Å²) in [6.45, 7) is 4.32. The number of hydrogen-bond donors (Lipinski definition) is 1. The summed E-state index contributed by atoms with van der Waals surface area (Å²) < 4.78 is 0. The smallest absolute Gasteiger partial charge is 0.295 e. The molecule has 1 saturated heterocycles. The second-order valence-corrected chi connectivity index (χ2v) is 7.87. The highest BCUT2D eigenvalue weighted by molar-refractivity contribution is 6.46. The number of rotatable bonds is 5. The van der Waals surface area contributed by atoms with Crippen LogP contribution >= 0.6 is 0 Å². The zero-order chi connectivity index (χ0) is 22.0. The van der Waals surface area contributed by atoms with Crippen molar-refractivity contribution >= 4 is 17.4 Å². The van der Waals surface area contributed by atoms with E-state index < -0.39 is 17.7 Å². The van der Waals surface area contributed by atoms with E-state index in [0.29, 0.717) is 5.56 Å². The van der Waals surface area contributed by atoms with Crippen LogP contribution in [0, 0.1) is 6.92 Å². The van der Waals surface area contributed by atoms with Crippen LogP contribution in [0.15, 0.2) is 84.4 Å². The van der Waals surface area contributed by atoms with Crippen LogP contribution < -0.4 is 0 Å². The fourth-order valence-corrected chi connectivity index (χ4v) is 3.97. The number of carbonyl (C=O) groups is 2. The third kappa shape index (κ3) is 4.02. The molecule has 0 aromatic heterocycles. The number of likely N-dealkylation sites (tertiary alicyclic amines) is 1. The summed E-state index contributed by atoms with van der Waals surface area (Å²) in [7, 11) is 0. The molecule has 0 radical (unpaired) electrons. The zero-order valence-electron chi connectivity index (χ0n) is 17.7. The van der Waals surface area contributed by atoms with Gasteiger partial charge in [-0.2, -0.15) is 0 Å². The van der Waals surface area contributed by atoms with Gasteiger partial charge >= 0.3 is 0 Å². The van der Waals surface area contributed by atoms with Crippen LogP contribution in [0.5, 0.6) is 0 Å². The fraction of sp³-hybridized carbons (Fsp3) is 0.185. The number of aryl methyl sites for hydroxylation is 2. The van der Waals surface area contributed by atoms with Crippen molar-refractivity contribution in [2.75, 3.05) is 0 Å². The molecule has 1 fully saturated rings. The highest BCUT2D eigenvalue weighted by atomic mass is 16.3. The average Bonchev–Trinajstić information content (AvgIpc) is 3.05. The molecule has 1 unspecified atom stereocenters. The molecule has 0 spiro atoms. The Kier molecular flexibility index (Phi) is 5.72. The summed E-state index contributed by atoms with van der Waals surface area (Å²) in [5.41, 5.74) is 4.61. The molecule has 1 heterocycles. The lowest BCUT2D eigenvalue weighted by Crippen LogP contribution is -2.29. The number of ketones is 1. The maximum Gasteiger partial charge on any atom is 0.295 e. The minimum absolute atomic E-state index is 0.133. The van der Waals surface area contributed by atoms with Gasteiger partial charge in [-0.3, -0.25) is 9.59 Å². The molecule has 1 aliphatic rings. The third-order valence-corrected chi connectivity index (χ3v) is 5.76. The van der Waals surface area contributed by atoms with Crippen molar-refractivity contribution in [2.24, 2.45) is 0 Å². The first-order valence-electron chi connectivity index (χ1n) is 10.5. The van der Waals surface area contributed by atoms with E-state index in [1.807, 2.05) is 73.7 Å². The predicted octanol–water partition coefficient (Wildman–Crippen LogP) is 5.18. The lowest BCUT2D eigenvalue weighted by molar-refractivity contribution is -0.140. The van der Waals surface area contributed by atoms with Gasteiger partial charge in [-0.05, 0) is 30.0 Å². The number of amides is 1. The van der Waals surface area contributed by atoms with Crippen LogP contribution in [0.1, 0.15) is 40.8 Å². The number of Topliss-reactive ketones (excluding diaryl/α,β-unsaturated/α-hetero) is 1. The minimum atomic E-state index is -0.654. The van der Waals surface area contributed by atoms with E-state index in [4.69, 9.17) is 0 Å². The van der Waals surface area contributed by atoms with Crippen molar-refractivity contribution in [3.63, 3.8) is 0 Å². The van der Waals surface area contributed by atoms with Gasteiger partial charge in [-0.25, -0.2) is 0 Å². The van der Waals surface area contributed by atoms with E-state index in [1.165, 1.54) is 5.56 Å². The zero-order valence-corrected chi connectivity index (χ0v) is 17.7. The number of nitrogens with zero attached hydrogens (tertiary/aromatic N) is 1. The average molecular weight is 412 g/mol. The van der Waals surface area contributed by atoms with Crippen LogP contribution in [0.2, 0.25) is 0 Å². The highest BCUT2D eigenvalue weighted by Crippen LogP contribution is 2.40. The molecule has 0 saturated carbocycles. The van der Waals surface area contributed by atoms with E-state index in [-0.39, 0.29) is 17.9 Å². The van der Waals surface area contributed by atoms with E-state index >= 15 is 0 Å². The van der Waals surface area contributed by atoms with Crippen LogP contribution in [-0.2, 0) is 22.6 Å². The van der Waals surface area contributed by atoms with Gasteiger partial charge in [0.25, 0.3) is 11.7 Å². The normalized spacial score (nSPS) is 17.9. The SMILES string of the molecule is CCc1ccc(C2/C(=C(\O)c3ccc(C)cc3)C(=O)C(=O)N2Cc2ccccc2)cc1. The summed E-state index contributed by atoms with van der Waals surface area (Å²) in [5, 5.41) is 11.1. The number of aliphatic hydroxyl groups is 1. The van der Waals surface area contributed by atoms with Gasteiger partial charge in [0.2, 0.25) is 0 Å². The van der Waals surface area contributed by atoms with Crippen LogP contribution in [0.3, 0.4) is 0 Å². The lowest BCUT2D eigenvalue weighted by atomic mass is 9.94. The monoisotopic (exact) mass is 411 g/mol. The van der Waals surface area contributed by atoms with Crippen LogP contribution in [0.25, 0.3) is 5.76 Å². The van der Waals surface area contributed by atoms with E-state index in [9.17, 15) is 14.7 Å². The Morgan fingerprint density at radius 2 is 1.52 bits per heavy atom. The van der Waals surface area contributed by atoms with Crippen LogP contribution in [-0.4, -0.2) is 21.7 Å². The first kappa shape index (κ1) is 20.6. The molecule has 1 N–H and O–H groups in total. The van der Waals surface area contributed by atoms with E-state index in [1.54, 1.807) is 17.0 Å². The maximum atomic E-state index is 13.1. The quantitative estimate of drug-likeness (QED) is 0.358. The summed E-state index contributed by atoms with van der Waals surface area (Å²) in [6, 6.07) is 24.1. The Hall–Kier alpha value is -3.66. The number of aliphatic hydroxyl groups excluding tert-OH is 1. The van der Waals surface area contributed by atoms with Crippen molar-refractivity contribution < 1.29 is 14.7 Å². The lowest BCUT2D eigenvalue weighted by Gasteiger charge is -2.25. The summed E-state index contributed by atoms with van der Waals surface area (Å²) in [5.74, 6) is -1.39. The Morgan fingerprint density at radius 1 is 0.871 bits per heavy atom. The van der Waals surface area contributed by atoms with Gasteiger partial charge in [0, 0.05) is 12.1 Å². The molecule has 3 aromatic rings. The summed E-state index contributed by atoms with van der Waals surface area (Å²) in [6.07, 6.45) is 0.897. The molecule has 156 valence electrons. The van der Waals surface area contributed by atoms with Crippen LogP contribution in [0.4, 0.5) is 0 Å². The Bertz CT molecular complexity index is 1130. The van der Waals surface area contributed by atoms with Gasteiger partial charge in [0.1, 0.15) is 5.76 Å². The van der Waals surface area contributed by atoms with Crippen molar-refractivity contribution in [3.8, 4) is 0 Å². The molecule has 31 heavy (non-hydrogen) atoms. The Morgan fingerprint density at radius 3 is 2.13 bits per heavy atom. The molecule has 4 nitrogen and oxygen atoms in total. The van der Waals surface area contributed by atoms with Crippen molar-refractivity contribution in [1.82, 2.24) is 4.90 Å². The molecule has 4 heteroatoms. The Balaban J connectivity index is 1.85. The predicted molar refractivity (Wildman–Crippen MR) is 121 cm³/mol. The molecule has 0 bridgehead atoms. The van der Waals surface area contributed by atoms with Gasteiger partial charge in [0.15, 0.2) is 0 Å². The molecule has 4 rings (SSSR count). The molecular weight excluding hydrogens is 386 g/mol. The summed E-state index contributed by atoms with van der Waals surface area (Å²) in [4.78, 5) is 27.7. The molecule has 1 aliphatic heterocycles. The molecule has 3 aromatic carbocycles. The molecule has 0 aliphatic carbocycles. The second kappa shape index (κ2) is 8.60. The van der Waals surface area contributed by atoms with Gasteiger partial charge in [-0.1, -0.05) is 91.3 Å². The fourth-order valence-electron chi connectivity index (χ4n) is 3.97. The first-order valence-corrected chi connectivity index (χ1v) is 10.5. The van der Waals surface area contributed by atoms with Gasteiger partial charge in [-0.15, -0.1) is 0 Å². The molecular formula is C27H25NO3. The second-order valence-electron chi connectivity index (χ2n) is 7.87. The number of hydrogen-bond acceptors (Lipinski definition) is 3.